The Morgan fingerprint density at radius 1 is 1.21 bits per heavy atom. The molecule has 0 aromatic carbocycles. The summed E-state index contributed by atoms with van der Waals surface area (Å²) in [6.45, 7) is 7.38. The number of nitrogens with one attached hydrogen (secondary N) is 2. The van der Waals surface area contributed by atoms with Gasteiger partial charge in [-0.1, -0.05) is 18.9 Å². The summed E-state index contributed by atoms with van der Waals surface area (Å²) in [5.41, 5.74) is -0.382. The summed E-state index contributed by atoms with van der Waals surface area (Å²) in [5.74, 6) is 0.732. The van der Waals surface area contributed by atoms with Crippen molar-refractivity contribution in [1.82, 2.24) is 10.6 Å². The molecule has 136 valence electrons. The molecule has 0 aliphatic carbocycles. The molecule has 1 aromatic rings. The fourth-order valence-electron chi connectivity index (χ4n) is 2.15. The van der Waals surface area contributed by atoms with Gasteiger partial charge in [-0.25, -0.2) is 0 Å². The summed E-state index contributed by atoms with van der Waals surface area (Å²) in [6.07, 6.45) is 4.60. The summed E-state index contributed by atoms with van der Waals surface area (Å²) in [4.78, 5) is 17.1. The molecule has 0 amide bonds. The van der Waals surface area contributed by atoms with Gasteiger partial charge >= 0.3 is 5.97 Å². The van der Waals surface area contributed by atoms with Crippen molar-refractivity contribution >= 4 is 23.3 Å². The van der Waals surface area contributed by atoms with Gasteiger partial charge in [0.1, 0.15) is 5.60 Å². The monoisotopic (exact) mass is 353 g/mol. The lowest BCUT2D eigenvalue weighted by atomic mass is 10.1. The first-order valence-electron chi connectivity index (χ1n) is 8.59. The van der Waals surface area contributed by atoms with E-state index in [2.05, 4.69) is 33.1 Å². The Morgan fingerprint density at radius 2 is 1.96 bits per heavy atom. The van der Waals surface area contributed by atoms with Gasteiger partial charge in [0, 0.05) is 24.9 Å². The number of carbonyl (C=O) groups excluding carboxylic acids is 1. The molecular formula is C18H31N3O2S. The van der Waals surface area contributed by atoms with Gasteiger partial charge in [-0.15, -0.1) is 11.3 Å². The van der Waals surface area contributed by atoms with Gasteiger partial charge in [-0.3, -0.25) is 9.79 Å². The van der Waals surface area contributed by atoms with Crippen molar-refractivity contribution in [3.8, 4) is 0 Å². The van der Waals surface area contributed by atoms with Gasteiger partial charge < -0.3 is 15.4 Å². The van der Waals surface area contributed by atoms with E-state index in [1.165, 1.54) is 4.88 Å². The highest BCUT2D eigenvalue weighted by Crippen LogP contribution is 2.11. The van der Waals surface area contributed by atoms with E-state index in [4.69, 9.17) is 4.74 Å². The van der Waals surface area contributed by atoms with E-state index in [-0.39, 0.29) is 11.6 Å². The third kappa shape index (κ3) is 10.3. The standard InChI is InChI=1S/C18H31N3O2S/c1-18(2,3)23-16(22)11-7-5-6-8-12-20-17(19-4)21-14-15-10-9-13-24-15/h9-10,13H,5-8,11-12,14H2,1-4H3,(H2,19,20,21). The molecule has 1 aromatic heterocycles. The molecule has 1 heterocycles. The maximum absolute atomic E-state index is 11.6. The Hall–Kier alpha value is -1.56. The molecule has 5 nitrogen and oxygen atoms in total. The molecule has 0 saturated carbocycles. The number of carbonyl (C=O) groups is 1. The Bertz CT molecular complexity index is 493. The molecule has 0 spiro atoms. The number of guanidine groups is 1. The van der Waals surface area contributed by atoms with E-state index in [1.54, 1.807) is 18.4 Å². The predicted octanol–water partition coefficient (Wildman–Crippen LogP) is 3.71. The average Bonchev–Trinajstić information content (AvgIpc) is 3.00. The number of hydrogen-bond acceptors (Lipinski definition) is 4. The maximum atomic E-state index is 11.6. The molecule has 0 unspecified atom stereocenters. The Morgan fingerprint density at radius 3 is 2.58 bits per heavy atom. The van der Waals surface area contributed by atoms with Gasteiger partial charge in [0.25, 0.3) is 0 Å². The molecule has 0 fully saturated rings. The zero-order valence-corrected chi connectivity index (χ0v) is 16.2. The molecule has 2 N–H and O–H groups in total. The zero-order valence-electron chi connectivity index (χ0n) is 15.4. The quantitative estimate of drug-likeness (QED) is 0.307. The maximum Gasteiger partial charge on any atom is 0.306 e. The van der Waals surface area contributed by atoms with Gasteiger partial charge in [-0.2, -0.15) is 0 Å². The third-order valence-corrected chi connectivity index (χ3v) is 4.13. The Balaban J connectivity index is 2.01. The zero-order chi connectivity index (χ0) is 17.8. The number of aliphatic imine (C=N–C) groups is 1. The number of nitrogens with zero attached hydrogens (tertiary/aromatic N) is 1. The number of thiophene rings is 1. The van der Waals surface area contributed by atoms with E-state index in [9.17, 15) is 4.79 Å². The molecule has 0 atom stereocenters. The van der Waals surface area contributed by atoms with Crippen LogP contribution in [0.25, 0.3) is 0 Å². The van der Waals surface area contributed by atoms with Crippen LogP contribution in [-0.2, 0) is 16.1 Å². The first-order valence-corrected chi connectivity index (χ1v) is 9.47. The molecule has 0 bridgehead atoms. The summed E-state index contributed by atoms with van der Waals surface area (Å²) >= 11 is 1.74. The highest BCUT2D eigenvalue weighted by Gasteiger charge is 2.15. The van der Waals surface area contributed by atoms with Gasteiger partial charge in [-0.05, 0) is 45.1 Å². The lowest BCUT2D eigenvalue weighted by Crippen LogP contribution is -2.37. The fraction of sp³-hybridized carbons (Fsp3) is 0.667. The van der Waals surface area contributed by atoms with E-state index < -0.39 is 0 Å². The highest BCUT2D eigenvalue weighted by molar-refractivity contribution is 7.09. The van der Waals surface area contributed by atoms with E-state index in [0.717, 1.165) is 44.7 Å². The van der Waals surface area contributed by atoms with Crippen molar-refractivity contribution < 1.29 is 9.53 Å². The van der Waals surface area contributed by atoms with E-state index >= 15 is 0 Å². The van der Waals surface area contributed by atoms with E-state index in [0.29, 0.717) is 6.42 Å². The summed E-state index contributed by atoms with van der Waals surface area (Å²) in [7, 11) is 1.78. The third-order valence-electron chi connectivity index (χ3n) is 3.25. The highest BCUT2D eigenvalue weighted by atomic mass is 32.1. The predicted molar refractivity (Wildman–Crippen MR) is 101 cm³/mol. The molecule has 6 heteroatoms. The number of rotatable bonds is 9. The van der Waals surface area contributed by atoms with Crippen LogP contribution in [0.5, 0.6) is 0 Å². The minimum absolute atomic E-state index is 0.0983. The normalized spacial score (nSPS) is 12.1. The van der Waals surface area contributed by atoms with Crippen LogP contribution in [0.3, 0.4) is 0 Å². The van der Waals surface area contributed by atoms with Crippen molar-refractivity contribution in [3.05, 3.63) is 22.4 Å². The van der Waals surface area contributed by atoms with Crippen molar-refractivity contribution in [2.75, 3.05) is 13.6 Å². The molecule has 0 aliphatic rings. The summed E-state index contributed by atoms with van der Waals surface area (Å²) < 4.78 is 5.29. The van der Waals surface area contributed by atoms with Crippen LogP contribution < -0.4 is 10.6 Å². The second-order valence-corrected chi connectivity index (χ2v) is 7.71. The minimum Gasteiger partial charge on any atom is -0.460 e. The lowest BCUT2D eigenvalue weighted by molar-refractivity contribution is -0.154. The van der Waals surface area contributed by atoms with Crippen LogP contribution in [0.4, 0.5) is 0 Å². The molecule has 0 aliphatic heterocycles. The van der Waals surface area contributed by atoms with Crippen LogP contribution in [0, 0.1) is 0 Å². The second kappa shape index (κ2) is 11.1. The van der Waals surface area contributed by atoms with Crippen LogP contribution in [-0.4, -0.2) is 31.1 Å². The largest absolute Gasteiger partial charge is 0.460 e. The number of unbranched alkanes of at least 4 members (excludes halogenated alkanes) is 3. The first kappa shape index (κ1) is 20.5. The topological polar surface area (TPSA) is 62.7 Å². The van der Waals surface area contributed by atoms with Crippen molar-refractivity contribution in [2.45, 2.75) is 65.0 Å². The second-order valence-electron chi connectivity index (χ2n) is 6.68. The van der Waals surface area contributed by atoms with Crippen LogP contribution in [0.15, 0.2) is 22.5 Å². The number of hydrogen-bond donors (Lipinski definition) is 2. The number of ether oxygens (including phenoxy) is 1. The van der Waals surface area contributed by atoms with Crippen LogP contribution >= 0.6 is 11.3 Å². The molecule has 1 rings (SSSR count). The van der Waals surface area contributed by atoms with Crippen molar-refractivity contribution in [2.24, 2.45) is 4.99 Å². The summed E-state index contributed by atoms with van der Waals surface area (Å²) in [6, 6.07) is 4.16. The molecule has 0 saturated heterocycles. The first-order chi connectivity index (χ1) is 11.4. The van der Waals surface area contributed by atoms with Crippen LogP contribution in [0.1, 0.15) is 57.8 Å². The minimum atomic E-state index is -0.382. The van der Waals surface area contributed by atoms with Gasteiger partial charge in [0.05, 0.1) is 6.54 Å². The van der Waals surface area contributed by atoms with Gasteiger partial charge in [0.15, 0.2) is 5.96 Å². The molecule has 24 heavy (non-hydrogen) atoms. The Labute approximate surface area is 149 Å². The average molecular weight is 354 g/mol. The van der Waals surface area contributed by atoms with E-state index in [1.807, 2.05) is 20.8 Å². The molecule has 0 radical (unpaired) electrons. The van der Waals surface area contributed by atoms with Crippen LogP contribution in [0.2, 0.25) is 0 Å². The Kier molecular flexibility index (Phi) is 9.45. The fourth-order valence-corrected chi connectivity index (χ4v) is 2.80. The lowest BCUT2D eigenvalue weighted by Gasteiger charge is -2.19. The van der Waals surface area contributed by atoms with Crippen molar-refractivity contribution in [1.29, 1.82) is 0 Å². The SMILES string of the molecule is CN=C(NCCCCCCC(=O)OC(C)(C)C)NCc1cccs1. The summed E-state index contributed by atoms with van der Waals surface area (Å²) in [5, 5.41) is 8.69. The number of esters is 1. The smallest absolute Gasteiger partial charge is 0.306 e. The molecular weight excluding hydrogens is 322 g/mol. The van der Waals surface area contributed by atoms with Crippen molar-refractivity contribution in [3.63, 3.8) is 0 Å². The van der Waals surface area contributed by atoms with Gasteiger partial charge in [0.2, 0.25) is 0 Å².